The summed E-state index contributed by atoms with van der Waals surface area (Å²) in [5.41, 5.74) is -0.434. The summed E-state index contributed by atoms with van der Waals surface area (Å²) >= 11 is 0. The van der Waals surface area contributed by atoms with Crippen LogP contribution in [0.4, 0.5) is 4.79 Å². The van der Waals surface area contributed by atoms with Crippen molar-refractivity contribution in [3.8, 4) is 0 Å². The van der Waals surface area contributed by atoms with Crippen LogP contribution in [0.5, 0.6) is 0 Å². The minimum absolute atomic E-state index is 0.109. The molecule has 0 rings (SSSR count). The molecule has 108 valence electrons. The Morgan fingerprint density at radius 3 is 2.11 bits per heavy atom. The van der Waals surface area contributed by atoms with E-state index in [2.05, 4.69) is 24.1 Å². The highest BCUT2D eigenvalue weighted by molar-refractivity contribution is 5.68. The van der Waals surface area contributed by atoms with Crippen molar-refractivity contribution in [2.75, 3.05) is 19.6 Å². The number of nitrogens with zero attached hydrogens (tertiary/aromatic N) is 1. The van der Waals surface area contributed by atoms with Crippen LogP contribution in [-0.2, 0) is 4.74 Å². The summed E-state index contributed by atoms with van der Waals surface area (Å²) < 4.78 is 5.24. The average Bonchev–Trinajstić information content (AvgIpc) is 2.14. The van der Waals surface area contributed by atoms with E-state index < -0.39 is 5.60 Å². The molecule has 0 fully saturated rings. The number of nitrogens with one attached hydrogen (secondary N) is 1. The lowest BCUT2D eigenvalue weighted by Crippen LogP contribution is -2.44. The van der Waals surface area contributed by atoms with Crippen LogP contribution in [-0.4, -0.2) is 42.3 Å². The van der Waals surface area contributed by atoms with Gasteiger partial charge in [0.15, 0.2) is 0 Å². The first kappa shape index (κ1) is 17.2. The Balaban J connectivity index is 4.06. The third kappa shape index (κ3) is 9.28. The van der Waals surface area contributed by atoms with Crippen LogP contribution in [0.3, 0.4) is 0 Å². The van der Waals surface area contributed by atoms with Gasteiger partial charge in [0.05, 0.1) is 0 Å². The molecule has 0 unspecified atom stereocenters. The molecule has 4 nitrogen and oxygen atoms in total. The van der Waals surface area contributed by atoms with Gasteiger partial charge in [-0.15, -0.1) is 0 Å². The van der Waals surface area contributed by atoms with E-state index in [1.807, 2.05) is 27.7 Å². The summed E-state index contributed by atoms with van der Waals surface area (Å²) in [6.07, 6.45) is 1.95. The third-order valence-electron chi connectivity index (χ3n) is 2.37. The normalized spacial score (nSPS) is 13.5. The van der Waals surface area contributed by atoms with Gasteiger partial charge in [0.25, 0.3) is 0 Å². The maximum atomic E-state index is 11.6. The fourth-order valence-electron chi connectivity index (χ4n) is 1.87. The van der Waals surface area contributed by atoms with Crippen LogP contribution in [0, 0.1) is 0 Å². The van der Waals surface area contributed by atoms with Gasteiger partial charge in [-0.1, -0.05) is 13.8 Å². The quantitative estimate of drug-likeness (QED) is 0.763. The number of carbonyl (C=O) groups is 1. The van der Waals surface area contributed by atoms with E-state index in [4.69, 9.17) is 4.74 Å². The Labute approximate surface area is 112 Å². The van der Waals surface area contributed by atoms with Crippen LogP contribution in [0.1, 0.15) is 54.4 Å². The molecular weight excluding hydrogens is 228 g/mol. The van der Waals surface area contributed by atoms with Crippen LogP contribution in [0.2, 0.25) is 0 Å². The minimum Gasteiger partial charge on any atom is -0.444 e. The molecule has 4 heteroatoms. The molecule has 0 radical (unpaired) electrons. The predicted octanol–water partition coefficient (Wildman–Crippen LogP) is 3.02. The summed E-state index contributed by atoms with van der Waals surface area (Å²) in [5.74, 6) is 0. The van der Waals surface area contributed by atoms with E-state index in [0.717, 1.165) is 32.5 Å². The van der Waals surface area contributed by atoms with Crippen molar-refractivity contribution in [1.82, 2.24) is 10.2 Å². The first-order valence-corrected chi connectivity index (χ1v) is 7.00. The van der Waals surface area contributed by atoms with E-state index in [1.165, 1.54) is 0 Å². The minimum atomic E-state index is -0.434. The molecule has 0 aromatic rings. The number of carbonyl (C=O) groups excluding carboxylic acids is 1. The molecule has 0 aromatic carbocycles. The highest BCUT2D eigenvalue weighted by Crippen LogP contribution is 2.07. The molecule has 1 N–H and O–H groups in total. The van der Waals surface area contributed by atoms with Crippen molar-refractivity contribution in [3.63, 3.8) is 0 Å². The summed E-state index contributed by atoms with van der Waals surface area (Å²) in [6, 6.07) is 0.109. The van der Waals surface area contributed by atoms with Crippen molar-refractivity contribution < 1.29 is 9.53 Å². The standard InChI is InChI=1S/C14H30N2O2/c1-7-9-16(10-8-2)11-12(3)15-13(17)18-14(4,5)6/h12H,7-11H2,1-6H3,(H,15,17)/t12-/m0/s1. The van der Waals surface area contributed by atoms with Gasteiger partial charge in [0.2, 0.25) is 0 Å². The number of hydrogen-bond acceptors (Lipinski definition) is 3. The number of amides is 1. The van der Waals surface area contributed by atoms with Crippen molar-refractivity contribution >= 4 is 6.09 Å². The second-order valence-electron chi connectivity index (χ2n) is 5.85. The van der Waals surface area contributed by atoms with Crippen molar-refractivity contribution in [1.29, 1.82) is 0 Å². The Kier molecular flexibility index (Phi) is 8.00. The molecule has 0 aliphatic carbocycles. The van der Waals surface area contributed by atoms with E-state index in [9.17, 15) is 4.79 Å². The third-order valence-corrected chi connectivity index (χ3v) is 2.37. The Morgan fingerprint density at radius 1 is 1.22 bits per heavy atom. The number of ether oxygens (including phenoxy) is 1. The first-order chi connectivity index (χ1) is 8.28. The molecule has 0 heterocycles. The van der Waals surface area contributed by atoms with Gasteiger partial charge in [-0.05, 0) is 53.6 Å². The monoisotopic (exact) mass is 258 g/mol. The second kappa shape index (κ2) is 8.35. The fourth-order valence-corrected chi connectivity index (χ4v) is 1.87. The summed E-state index contributed by atoms with van der Waals surface area (Å²) in [5, 5.41) is 2.88. The van der Waals surface area contributed by atoms with Gasteiger partial charge in [-0.3, -0.25) is 0 Å². The molecule has 0 saturated heterocycles. The SMILES string of the molecule is CCCN(CCC)C[C@H](C)NC(=O)OC(C)(C)C. The molecular formula is C14H30N2O2. The molecule has 1 atom stereocenters. The lowest BCUT2D eigenvalue weighted by Gasteiger charge is -2.26. The summed E-state index contributed by atoms with van der Waals surface area (Å²) in [7, 11) is 0. The maximum absolute atomic E-state index is 11.6. The number of rotatable bonds is 7. The van der Waals surface area contributed by atoms with Gasteiger partial charge in [-0.2, -0.15) is 0 Å². The molecule has 0 spiro atoms. The second-order valence-corrected chi connectivity index (χ2v) is 5.85. The molecule has 0 aromatic heterocycles. The van der Waals surface area contributed by atoms with Crippen LogP contribution < -0.4 is 5.32 Å². The smallest absolute Gasteiger partial charge is 0.407 e. The molecule has 1 amide bonds. The number of hydrogen-bond donors (Lipinski definition) is 1. The molecule has 18 heavy (non-hydrogen) atoms. The summed E-state index contributed by atoms with van der Waals surface area (Å²) in [6.45, 7) is 15.0. The first-order valence-electron chi connectivity index (χ1n) is 7.00. The van der Waals surface area contributed by atoms with Crippen LogP contribution in [0.25, 0.3) is 0 Å². The van der Waals surface area contributed by atoms with Crippen LogP contribution >= 0.6 is 0 Å². The lowest BCUT2D eigenvalue weighted by molar-refractivity contribution is 0.0497. The predicted molar refractivity (Wildman–Crippen MR) is 75.9 cm³/mol. The topological polar surface area (TPSA) is 41.6 Å². The zero-order valence-corrected chi connectivity index (χ0v) is 12.9. The van der Waals surface area contributed by atoms with Crippen molar-refractivity contribution in [2.24, 2.45) is 0 Å². The Morgan fingerprint density at radius 2 is 1.72 bits per heavy atom. The largest absolute Gasteiger partial charge is 0.444 e. The molecule has 0 aliphatic heterocycles. The molecule has 0 bridgehead atoms. The van der Waals surface area contributed by atoms with E-state index in [1.54, 1.807) is 0 Å². The van der Waals surface area contributed by atoms with Gasteiger partial charge in [-0.25, -0.2) is 4.79 Å². The lowest BCUT2D eigenvalue weighted by atomic mass is 10.2. The van der Waals surface area contributed by atoms with E-state index in [-0.39, 0.29) is 12.1 Å². The number of alkyl carbamates (subject to hydrolysis) is 1. The van der Waals surface area contributed by atoms with Crippen molar-refractivity contribution in [3.05, 3.63) is 0 Å². The maximum Gasteiger partial charge on any atom is 0.407 e. The highest BCUT2D eigenvalue weighted by Gasteiger charge is 2.18. The summed E-state index contributed by atoms with van der Waals surface area (Å²) in [4.78, 5) is 14.0. The molecule has 0 saturated carbocycles. The van der Waals surface area contributed by atoms with Crippen LogP contribution in [0.15, 0.2) is 0 Å². The Bertz CT molecular complexity index is 230. The average molecular weight is 258 g/mol. The van der Waals surface area contributed by atoms with Gasteiger partial charge in [0, 0.05) is 12.6 Å². The van der Waals surface area contributed by atoms with Gasteiger partial charge in [0.1, 0.15) is 5.60 Å². The molecule has 0 aliphatic rings. The van der Waals surface area contributed by atoms with Gasteiger partial charge < -0.3 is 15.0 Å². The van der Waals surface area contributed by atoms with Crippen molar-refractivity contribution in [2.45, 2.75) is 66.0 Å². The fraction of sp³-hybridized carbons (Fsp3) is 0.929. The van der Waals surface area contributed by atoms with Gasteiger partial charge >= 0.3 is 6.09 Å². The zero-order chi connectivity index (χ0) is 14.2. The highest BCUT2D eigenvalue weighted by atomic mass is 16.6. The van der Waals surface area contributed by atoms with E-state index >= 15 is 0 Å². The Hall–Kier alpha value is -0.770. The zero-order valence-electron chi connectivity index (χ0n) is 12.9. The van der Waals surface area contributed by atoms with E-state index in [0.29, 0.717) is 0 Å².